The number of carbonyl (C=O) groups excluding carboxylic acids is 2. The van der Waals surface area contributed by atoms with Gasteiger partial charge in [-0.3, -0.25) is 9.78 Å². The molecule has 0 aliphatic heterocycles. The zero-order valence-electron chi connectivity index (χ0n) is 11.5. The number of aromatic nitrogens is 1. The monoisotopic (exact) mass is 324 g/mol. The molecule has 2 rings (SSSR count). The standard InChI is InChI=1S/C14H13ClN2O3S/c1-3-20-14(19)10-6-8(2)21-13(10)17-12(18)9-4-5-16-7-11(9)15/h4-7H,3H2,1-2H3,(H,17,18). The van der Waals surface area contributed by atoms with E-state index >= 15 is 0 Å². The number of anilines is 1. The minimum absolute atomic E-state index is 0.251. The van der Waals surface area contributed by atoms with E-state index in [-0.39, 0.29) is 11.6 Å². The molecular weight excluding hydrogens is 312 g/mol. The summed E-state index contributed by atoms with van der Waals surface area (Å²) in [6.45, 7) is 3.85. The molecular formula is C14H13ClN2O3S. The van der Waals surface area contributed by atoms with Gasteiger partial charge < -0.3 is 10.1 Å². The van der Waals surface area contributed by atoms with E-state index < -0.39 is 11.9 Å². The van der Waals surface area contributed by atoms with Crippen LogP contribution in [-0.4, -0.2) is 23.5 Å². The summed E-state index contributed by atoms with van der Waals surface area (Å²) in [7, 11) is 0. The number of ether oxygens (including phenoxy) is 1. The fraction of sp³-hybridized carbons (Fsp3) is 0.214. The van der Waals surface area contributed by atoms with Gasteiger partial charge in [0.15, 0.2) is 0 Å². The quantitative estimate of drug-likeness (QED) is 0.873. The van der Waals surface area contributed by atoms with Gasteiger partial charge in [-0.25, -0.2) is 4.79 Å². The molecule has 0 aromatic carbocycles. The average molecular weight is 325 g/mol. The Hall–Kier alpha value is -1.92. The van der Waals surface area contributed by atoms with E-state index in [1.807, 2.05) is 6.92 Å². The number of esters is 1. The predicted molar refractivity (Wildman–Crippen MR) is 82.2 cm³/mol. The van der Waals surface area contributed by atoms with Crippen molar-refractivity contribution in [2.75, 3.05) is 11.9 Å². The van der Waals surface area contributed by atoms with Crippen LogP contribution in [0.2, 0.25) is 5.02 Å². The molecule has 0 aliphatic carbocycles. The first-order chi connectivity index (χ1) is 10.0. The topological polar surface area (TPSA) is 68.3 Å². The van der Waals surface area contributed by atoms with Crippen molar-refractivity contribution in [2.45, 2.75) is 13.8 Å². The van der Waals surface area contributed by atoms with E-state index in [9.17, 15) is 9.59 Å². The largest absolute Gasteiger partial charge is 0.462 e. The molecule has 7 heteroatoms. The molecule has 21 heavy (non-hydrogen) atoms. The first-order valence-electron chi connectivity index (χ1n) is 6.21. The lowest BCUT2D eigenvalue weighted by Gasteiger charge is -2.07. The molecule has 0 saturated heterocycles. The molecule has 0 fully saturated rings. The normalized spacial score (nSPS) is 10.2. The lowest BCUT2D eigenvalue weighted by Crippen LogP contribution is -2.14. The second-order valence-electron chi connectivity index (χ2n) is 4.13. The van der Waals surface area contributed by atoms with Crippen molar-refractivity contribution >= 4 is 39.8 Å². The predicted octanol–water partition coefficient (Wildman–Crippen LogP) is 3.53. The summed E-state index contributed by atoms with van der Waals surface area (Å²) >= 11 is 7.24. The van der Waals surface area contributed by atoms with E-state index in [1.54, 1.807) is 13.0 Å². The summed E-state index contributed by atoms with van der Waals surface area (Å²) in [5, 5.41) is 3.39. The summed E-state index contributed by atoms with van der Waals surface area (Å²) < 4.78 is 4.97. The fourth-order valence-corrected chi connectivity index (χ4v) is 2.80. The Morgan fingerprint density at radius 2 is 2.19 bits per heavy atom. The maximum atomic E-state index is 12.2. The van der Waals surface area contributed by atoms with Crippen LogP contribution in [-0.2, 0) is 4.74 Å². The average Bonchev–Trinajstić information content (AvgIpc) is 2.80. The molecule has 0 saturated carbocycles. The molecule has 0 atom stereocenters. The Kier molecular flexibility index (Phi) is 4.93. The Morgan fingerprint density at radius 1 is 1.43 bits per heavy atom. The highest BCUT2D eigenvalue weighted by Gasteiger charge is 2.19. The SMILES string of the molecule is CCOC(=O)c1cc(C)sc1NC(=O)c1ccncc1Cl. The van der Waals surface area contributed by atoms with Gasteiger partial charge in [-0.2, -0.15) is 0 Å². The van der Waals surface area contributed by atoms with Crippen molar-refractivity contribution in [3.8, 4) is 0 Å². The zero-order valence-corrected chi connectivity index (χ0v) is 13.0. The Morgan fingerprint density at radius 3 is 2.86 bits per heavy atom. The molecule has 0 spiro atoms. The highest BCUT2D eigenvalue weighted by molar-refractivity contribution is 7.16. The van der Waals surface area contributed by atoms with Gasteiger partial charge in [-0.05, 0) is 26.0 Å². The summed E-state index contributed by atoms with van der Waals surface area (Å²) in [6.07, 6.45) is 2.87. The van der Waals surface area contributed by atoms with Gasteiger partial charge in [0.05, 0.1) is 22.8 Å². The molecule has 2 aromatic rings. The van der Waals surface area contributed by atoms with E-state index in [0.29, 0.717) is 16.1 Å². The number of pyridine rings is 1. The van der Waals surface area contributed by atoms with Gasteiger partial charge in [0, 0.05) is 17.3 Å². The van der Waals surface area contributed by atoms with Crippen LogP contribution in [0.4, 0.5) is 5.00 Å². The van der Waals surface area contributed by atoms with Crippen LogP contribution in [0.25, 0.3) is 0 Å². The number of nitrogens with zero attached hydrogens (tertiary/aromatic N) is 1. The minimum Gasteiger partial charge on any atom is -0.462 e. The van der Waals surface area contributed by atoms with Crippen molar-refractivity contribution < 1.29 is 14.3 Å². The lowest BCUT2D eigenvalue weighted by atomic mass is 10.2. The first-order valence-corrected chi connectivity index (χ1v) is 7.40. The molecule has 0 aliphatic rings. The third kappa shape index (κ3) is 3.59. The molecule has 110 valence electrons. The van der Waals surface area contributed by atoms with Gasteiger partial charge in [0.25, 0.3) is 5.91 Å². The minimum atomic E-state index is -0.460. The van der Waals surface area contributed by atoms with Crippen LogP contribution in [0.3, 0.4) is 0 Å². The molecule has 2 heterocycles. The van der Waals surface area contributed by atoms with Crippen molar-refractivity contribution in [3.05, 3.63) is 45.6 Å². The number of carbonyl (C=O) groups is 2. The maximum Gasteiger partial charge on any atom is 0.341 e. The Bertz CT molecular complexity index is 685. The summed E-state index contributed by atoms with van der Waals surface area (Å²) in [6, 6.07) is 3.20. The summed E-state index contributed by atoms with van der Waals surface area (Å²) in [4.78, 5) is 28.8. The van der Waals surface area contributed by atoms with E-state index in [1.165, 1.54) is 29.8 Å². The third-order valence-electron chi connectivity index (χ3n) is 2.59. The number of hydrogen-bond donors (Lipinski definition) is 1. The summed E-state index contributed by atoms with van der Waals surface area (Å²) in [5.41, 5.74) is 0.644. The van der Waals surface area contributed by atoms with Gasteiger partial charge in [0.1, 0.15) is 5.00 Å². The van der Waals surface area contributed by atoms with Gasteiger partial charge in [0.2, 0.25) is 0 Å². The zero-order chi connectivity index (χ0) is 15.4. The van der Waals surface area contributed by atoms with Crippen LogP contribution in [0, 0.1) is 6.92 Å². The lowest BCUT2D eigenvalue weighted by molar-refractivity contribution is 0.0528. The number of thiophene rings is 1. The second kappa shape index (κ2) is 6.69. The molecule has 0 unspecified atom stereocenters. The number of halogens is 1. The number of amides is 1. The number of rotatable bonds is 4. The molecule has 1 N–H and O–H groups in total. The van der Waals surface area contributed by atoms with Crippen molar-refractivity contribution in [3.63, 3.8) is 0 Å². The fourth-order valence-electron chi connectivity index (χ4n) is 1.70. The molecule has 5 nitrogen and oxygen atoms in total. The van der Waals surface area contributed by atoms with Gasteiger partial charge in [-0.15, -0.1) is 11.3 Å². The van der Waals surface area contributed by atoms with E-state index in [0.717, 1.165) is 4.88 Å². The second-order valence-corrected chi connectivity index (χ2v) is 5.79. The molecule has 1 amide bonds. The van der Waals surface area contributed by atoms with Crippen molar-refractivity contribution in [1.29, 1.82) is 0 Å². The van der Waals surface area contributed by atoms with Gasteiger partial charge in [-0.1, -0.05) is 11.6 Å². The Balaban J connectivity index is 2.26. The Labute approximate surface area is 130 Å². The van der Waals surface area contributed by atoms with E-state index in [2.05, 4.69) is 10.3 Å². The number of aryl methyl sites for hydroxylation is 1. The van der Waals surface area contributed by atoms with Crippen molar-refractivity contribution in [1.82, 2.24) is 4.98 Å². The first kappa shape index (κ1) is 15.5. The number of nitrogens with one attached hydrogen (secondary N) is 1. The highest BCUT2D eigenvalue weighted by Crippen LogP contribution is 2.29. The van der Waals surface area contributed by atoms with Crippen LogP contribution < -0.4 is 5.32 Å². The summed E-state index contributed by atoms with van der Waals surface area (Å²) in [5.74, 6) is -0.854. The van der Waals surface area contributed by atoms with Crippen LogP contribution in [0.1, 0.15) is 32.5 Å². The third-order valence-corrected chi connectivity index (χ3v) is 3.86. The molecule has 0 bridgehead atoms. The maximum absolute atomic E-state index is 12.2. The number of hydrogen-bond acceptors (Lipinski definition) is 5. The molecule has 0 radical (unpaired) electrons. The van der Waals surface area contributed by atoms with E-state index in [4.69, 9.17) is 16.3 Å². The van der Waals surface area contributed by atoms with Crippen molar-refractivity contribution in [2.24, 2.45) is 0 Å². The van der Waals surface area contributed by atoms with Crippen LogP contribution in [0.15, 0.2) is 24.5 Å². The highest BCUT2D eigenvalue weighted by atomic mass is 35.5. The molecule has 2 aromatic heterocycles. The smallest absolute Gasteiger partial charge is 0.341 e. The van der Waals surface area contributed by atoms with Crippen LogP contribution >= 0.6 is 22.9 Å². The van der Waals surface area contributed by atoms with Crippen LogP contribution in [0.5, 0.6) is 0 Å². The van der Waals surface area contributed by atoms with Gasteiger partial charge >= 0.3 is 5.97 Å².